The summed E-state index contributed by atoms with van der Waals surface area (Å²) in [7, 11) is -4.33. The van der Waals surface area contributed by atoms with Crippen LogP contribution in [0.1, 0.15) is 25.0 Å². The Kier molecular flexibility index (Phi) is 16.6. The van der Waals surface area contributed by atoms with Gasteiger partial charge in [0.05, 0.1) is 149 Å². The van der Waals surface area contributed by atoms with Gasteiger partial charge in [0.25, 0.3) is 0 Å². The summed E-state index contributed by atoms with van der Waals surface area (Å²) in [6, 6.07) is 142. The Morgan fingerprint density at radius 1 is 0.215 bits per heavy atom. The van der Waals surface area contributed by atoms with Crippen LogP contribution < -0.4 is 30.2 Å². The normalized spacial score (nSPS) is 14.0. The highest BCUT2D eigenvalue weighted by Gasteiger charge is 2.42. The van der Waals surface area contributed by atoms with Crippen LogP contribution in [0.3, 0.4) is 0 Å². The maximum absolute atomic E-state index is 6.79. The van der Waals surface area contributed by atoms with E-state index in [0.717, 1.165) is 230 Å². The van der Waals surface area contributed by atoms with Gasteiger partial charge in [0.2, 0.25) is 34.7 Å². The fraction of sp³-hybridized carbons (Fsp3) is 0.0579. The summed E-state index contributed by atoms with van der Waals surface area (Å²) in [5.41, 5.74) is 34.7. The molecule has 0 fully saturated rings. The zero-order valence-corrected chi connectivity index (χ0v) is 81.7. The summed E-state index contributed by atoms with van der Waals surface area (Å²) in [5.74, 6) is 9.05. The van der Waals surface area contributed by atoms with Crippen molar-refractivity contribution >= 4 is 216 Å². The van der Waals surface area contributed by atoms with E-state index >= 15 is 0 Å². The number of nitrogens with zero attached hydrogens (tertiary/aromatic N) is 18. The predicted molar refractivity (Wildman–Crippen MR) is 587 cm³/mol. The average Bonchev–Trinajstić information content (AvgIpc) is 0.880. The molecule has 684 valence electrons. The Morgan fingerprint density at radius 2 is 0.500 bits per heavy atom. The molecule has 0 unspecified atom stereocenters. The summed E-state index contributed by atoms with van der Waals surface area (Å²) in [6.45, 7) is 14.4. The van der Waals surface area contributed by atoms with Crippen LogP contribution in [0.5, 0.6) is 23.0 Å². The summed E-state index contributed by atoms with van der Waals surface area (Å²) in [6.07, 6.45) is 0. The summed E-state index contributed by atoms with van der Waals surface area (Å²) < 4.78 is 40.9. The summed E-state index contributed by atoms with van der Waals surface area (Å²) >= 11 is 1.90. The molecule has 0 spiro atoms. The van der Waals surface area contributed by atoms with Gasteiger partial charge in [-0.2, -0.15) is 0 Å². The Bertz CT molecular complexity index is 10400. The molecular weight excluding hydrogens is 1830 g/mol. The SMILES string of the molecule is CC1(C)c2ccc(-n3c4ccccc4n4c5ccccc5nc34)cc2Oc2ccc(-n3c4ccccc4n4c5ccccc5nc34)cc21.C[Si]1(C)c2cc(-n3c4ccccc4n4c5ccccc5nc34)ccc2Sc2c(-n3c4ccccc4n4c5ccccc5nc34)cccc21.C[Si]1(C)c2ccc(-n3c4ccccc4n4c5ccccc5nc34)cc2Oc2ccc(-n3c4ccccc4n4c5ccccc5nc34)cc21. The minimum Gasteiger partial charge on any atom is -0.458 e. The highest BCUT2D eigenvalue weighted by atomic mass is 32.2. The molecule has 33 rings (SSSR count). The third-order valence-corrected chi connectivity index (χ3v) is 39.3. The third kappa shape index (κ3) is 11.2. The Morgan fingerprint density at radius 3 is 0.889 bits per heavy atom. The molecule has 12 aromatic heterocycles. The van der Waals surface area contributed by atoms with Crippen molar-refractivity contribution in [2.24, 2.45) is 0 Å². The van der Waals surface area contributed by atoms with Gasteiger partial charge in [-0.3, -0.25) is 53.8 Å². The minimum absolute atomic E-state index is 0.313. The lowest BCUT2D eigenvalue weighted by Crippen LogP contribution is -2.56. The maximum atomic E-state index is 6.79. The van der Waals surface area contributed by atoms with Gasteiger partial charge in [-0.1, -0.05) is 222 Å². The van der Waals surface area contributed by atoms with Crippen molar-refractivity contribution in [2.45, 2.75) is 55.2 Å². The van der Waals surface area contributed by atoms with Crippen LogP contribution in [-0.4, -0.2) is 99.9 Å². The lowest BCUT2D eigenvalue weighted by atomic mass is 9.75. The van der Waals surface area contributed by atoms with E-state index in [1.54, 1.807) is 0 Å². The number of aromatic nitrogens is 18. The number of fused-ring (bicyclic) bond motifs is 36. The van der Waals surface area contributed by atoms with E-state index in [1.165, 1.54) is 36.2 Å². The molecule has 0 bridgehead atoms. The molecule has 23 heteroatoms. The zero-order chi connectivity index (χ0) is 95.2. The highest BCUT2D eigenvalue weighted by molar-refractivity contribution is 8.00. The van der Waals surface area contributed by atoms with Crippen LogP contribution >= 0.6 is 11.8 Å². The average molecular weight is 1910 g/mol. The van der Waals surface area contributed by atoms with Crippen molar-refractivity contribution < 1.29 is 9.47 Å². The zero-order valence-electron chi connectivity index (χ0n) is 78.9. The molecule has 30 aromatic rings. The van der Waals surface area contributed by atoms with Crippen LogP contribution in [0.25, 0.3) is 201 Å². The number of hydrogen-bond acceptors (Lipinski definition) is 9. The van der Waals surface area contributed by atoms with Gasteiger partial charge in [-0.15, -0.1) is 0 Å². The Labute approximate surface area is 826 Å². The minimum atomic E-state index is -2.18. The second kappa shape index (κ2) is 29.5. The van der Waals surface area contributed by atoms with Crippen molar-refractivity contribution in [3.63, 3.8) is 0 Å². The highest BCUT2D eigenvalue weighted by Crippen LogP contribution is 2.51. The van der Waals surface area contributed by atoms with Gasteiger partial charge in [0.15, 0.2) is 0 Å². The molecule has 15 heterocycles. The third-order valence-electron chi connectivity index (χ3n) is 30.7. The molecule has 144 heavy (non-hydrogen) atoms. The van der Waals surface area contributed by atoms with E-state index in [-0.39, 0.29) is 5.41 Å². The van der Waals surface area contributed by atoms with E-state index in [1.807, 2.05) is 36.0 Å². The van der Waals surface area contributed by atoms with Gasteiger partial charge < -0.3 is 9.47 Å². The smallest absolute Gasteiger partial charge is 0.220 e. The van der Waals surface area contributed by atoms with Gasteiger partial charge in [-0.25, -0.2) is 29.9 Å². The first-order chi connectivity index (χ1) is 70.7. The number of benzene rings is 18. The van der Waals surface area contributed by atoms with E-state index in [0.29, 0.717) is 0 Å². The van der Waals surface area contributed by atoms with E-state index in [2.05, 4.69) is 470 Å². The van der Waals surface area contributed by atoms with Crippen LogP contribution in [0.2, 0.25) is 26.2 Å². The first-order valence-electron chi connectivity index (χ1n) is 48.8. The molecule has 18 aromatic carbocycles. The van der Waals surface area contributed by atoms with Crippen LogP contribution in [0.15, 0.2) is 410 Å². The quantitative estimate of drug-likeness (QED) is 0.148. The topological polar surface area (TPSA) is 152 Å². The van der Waals surface area contributed by atoms with Gasteiger partial charge in [0.1, 0.15) is 39.1 Å². The molecule has 0 saturated carbocycles. The lowest BCUT2D eigenvalue weighted by molar-refractivity contribution is 0.418. The largest absolute Gasteiger partial charge is 0.458 e. The fourth-order valence-corrected chi connectivity index (χ4v) is 32.2. The number of rotatable bonds is 6. The van der Waals surface area contributed by atoms with Gasteiger partial charge in [0, 0.05) is 55.5 Å². The Hall–Kier alpha value is -18.0. The maximum Gasteiger partial charge on any atom is 0.220 e. The fourth-order valence-electron chi connectivity index (χ4n) is 23.9. The second-order valence-electron chi connectivity index (χ2n) is 39.6. The second-order valence-corrected chi connectivity index (χ2v) is 49.3. The predicted octanol–water partition coefficient (Wildman–Crippen LogP) is 26.2. The monoisotopic (exact) mass is 1910 g/mol. The molecule has 20 nitrogen and oxygen atoms in total. The standard InChI is InChI=1S/C41H28N6O.C40H28N6OSi.C40H28N6SSi/c1-41(2)27-21-19-26(45-34-16-8-10-18-36(34)47-32-14-6-4-12-30(32)43-40(45)47)24-38(27)48-37-22-20-25(23-28(37)41)44-33-15-7-9-17-35(33)46-31-13-5-3-11-29(31)42-39(44)46;1-48(2)37-22-20-25(43-31-15-7-9-17-33(31)45-29-13-5-3-11-27(29)41-39(43)45)23-36(37)47-35-21-19-26(24-38(35)48)44-32-16-8-10-18-34(32)46-30-14-6-4-12-28(30)42-40(44)46;1-48(2)36-21-11-20-34(46-33-19-10-9-18-32(33)45-29-15-6-4-13-27(29)42-40(45)46)38(36)47-35-23-22-25(24-37(35)48)43-30-16-7-8-17-31(30)44-28-14-5-3-12-26(28)41-39(43)44/h3*3-24H,1-2H3. The van der Waals surface area contributed by atoms with Gasteiger partial charge in [-0.05, 0) is 239 Å². The number of para-hydroxylation sites is 24. The number of ether oxygens (including phenoxy) is 2. The van der Waals surface area contributed by atoms with Crippen molar-refractivity contribution in [1.82, 2.24) is 83.7 Å². The first kappa shape index (κ1) is 80.9. The van der Waals surface area contributed by atoms with Crippen LogP contribution in [-0.2, 0) is 5.41 Å². The molecule has 0 radical (unpaired) electrons. The van der Waals surface area contributed by atoms with Crippen molar-refractivity contribution in [2.75, 3.05) is 0 Å². The molecule has 3 aliphatic heterocycles. The molecule has 0 saturated heterocycles. The van der Waals surface area contributed by atoms with Crippen LogP contribution in [0, 0.1) is 0 Å². The van der Waals surface area contributed by atoms with E-state index in [4.69, 9.17) is 39.4 Å². The number of imidazole rings is 12. The summed E-state index contributed by atoms with van der Waals surface area (Å²) in [4.78, 5) is 33.3. The van der Waals surface area contributed by atoms with Gasteiger partial charge >= 0.3 is 0 Å². The van der Waals surface area contributed by atoms with E-state index < -0.39 is 16.1 Å². The molecule has 0 aliphatic carbocycles. The lowest BCUT2D eigenvalue weighted by Gasteiger charge is -2.35. The van der Waals surface area contributed by atoms with Crippen LogP contribution in [0.4, 0.5) is 0 Å². The molecule has 0 amide bonds. The number of hydrogen-bond donors (Lipinski definition) is 0. The van der Waals surface area contributed by atoms with Crippen molar-refractivity contribution in [1.29, 1.82) is 0 Å². The molecular formula is C121H84N18O2SSi2. The Balaban J connectivity index is 0.0000000986. The molecule has 0 N–H and O–H groups in total. The summed E-state index contributed by atoms with van der Waals surface area (Å²) in [5, 5.41) is 5.47. The molecule has 0 atom stereocenters. The van der Waals surface area contributed by atoms with Crippen molar-refractivity contribution in [3.05, 3.63) is 412 Å². The first-order valence-corrected chi connectivity index (χ1v) is 55.6. The van der Waals surface area contributed by atoms with Crippen molar-refractivity contribution in [3.8, 4) is 57.1 Å². The van der Waals surface area contributed by atoms with E-state index in [9.17, 15) is 0 Å². The molecule has 3 aliphatic rings.